The smallest absolute Gasteiger partial charge is 0.187 e. The maximum atomic E-state index is 11.0. The molecule has 0 aromatic carbocycles. The molecule has 0 radical (unpaired) electrons. The van der Waals surface area contributed by atoms with Crippen LogP contribution in [0.1, 0.15) is 34.1 Å². The van der Waals surface area contributed by atoms with Crippen molar-refractivity contribution in [1.29, 1.82) is 0 Å². The number of ether oxygens (including phenoxy) is 9. The molecule has 0 amide bonds. The zero-order valence-electron chi connectivity index (χ0n) is 26.4. The van der Waals surface area contributed by atoms with Crippen LogP contribution >= 0.6 is 0 Å². The Kier molecular flexibility index (Phi) is 13.1. The molecular weight excluding hydrogens is 624 g/mol. The van der Waals surface area contributed by atoms with Crippen molar-refractivity contribution in [3.8, 4) is 0 Å². The highest BCUT2D eigenvalue weighted by atomic mass is 16.8. The van der Waals surface area contributed by atoms with Gasteiger partial charge in [-0.05, 0) is 27.7 Å². The normalized spacial score (nSPS) is 49.2. The molecule has 0 saturated carbocycles. The van der Waals surface area contributed by atoms with Gasteiger partial charge < -0.3 is 88.6 Å². The lowest BCUT2D eigenvalue weighted by atomic mass is 9.96. The van der Waals surface area contributed by atoms with Crippen LogP contribution in [0.2, 0.25) is 0 Å². The Bertz CT molecular complexity index is 939. The van der Waals surface area contributed by atoms with Crippen molar-refractivity contribution in [2.75, 3.05) is 26.9 Å². The molecule has 0 aromatic heterocycles. The Morgan fingerprint density at radius 3 is 1.93 bits per heavy atom. The van der Waals surface area contributed by atoms with Gasteiger partial charge in [-0.25, -0.2) is 0 Å². The van der Waals surface area contributed by atoms with E-state index in [1.54, 1.807) is 20.8 Å². The third-order valence-corrected chi connectivity index (χ3v) is 8.33. The van der Waals surface area contributed by atoms with Crippen LogP contribution in [-0.2, 0) is 42.6 Å². The van der Waals surface area contributed by atoms with E-state index in [2.05, 4.69) is 0 Å². The molecular formula is C28H50O18. The first-order chi connectivity index (χ1) is 21.6. The molecule has 9 N–H and O–H groups in total. The fraction of sp³-hybridized carbons (Fsp3) is 1.00. The van der Waals surface area contributed by atoms with E-state index in [9.17, 15) is 46.0 Å². The van der Waals surface area contributed by atoms with Gasteiger partial charge in [-0.15, -0.1) is 0 Å². The molecule has 4 saturated heterocycles. The van der Waals surface area contributed by atoms with Crippen molar-refractivity contribution in [2.45, 2.75) is 150 Å². The van der Waals surface area contributed by atoms with Gasteiger partial charge >= 0.3 is 0 Å². The molecule has 0 aliphatic carbocycles. The van der Waals surface area contributed by atoms with Gasteiger partial charge in [0.2, 0.25) is 0 Å². The summed E-state index contributed by atoms with van der Waals surface area (Å²) in [5.41, 5.74) is -0.620. The highest BCUT2D eigenvalue weighted by Gasteiger charge is 2.52. The number of aliphatic hydroxyl groups is 9. The summed E-state index contributed by atoms with van der Waals surface area (Å²) in [4.78, 5) is 0. The molecule has 270 valence electrons. The second kappa shape index (κ2) is 15.9. The number of rotatable bonds is 10. The second-order valence-corrected chi connectivity index (χ2v) is 13.0. The van der Waals surface area contributed by atoms with Crippen LogP contribution < -0.4 is 0 Å². The first-order valence-corrected chi connectivity index (χ1v) is 15.3. The minimum Gasteiger partial charge on any atom is -0.394 e. The maximum absolute atomic E-state index is 11.0. The molecule has 46 heavy (non-hydrogen) atoms. The molecule has 18 atom stereocenters. The molecule has 4 aliphatic heterocycles. The molecule has 0 unspecified atom stereocenters. The minimum absolute atomic E-state index is 0.119. The first kappa shape index (κ1) is 38.1. The van der Waals surface area contributed by atoms with Gasteiger partial charge in [0.05, 0.1) is 37.6 Å². The highest BCUT2D eigenvalue weighted by Crippen LogP contribution is 2.33. The number of methoxy groups -OCH3 is 1. The topological polar surface area (TPSA) is 265 Å². The predicted octanol–water partition coefficient (Wildman–Crippen LogP) is -4.58. The summed E-state index contributed by atoms with van der Waals surface area (Å²) in [6, 6.07) is 0. The van der Waals surface area contributed by atoms with Crippen molar-refractivity contribution in [1.82, 2.24) is 0 Å². The molecule has 4 heterocycles. The van der Waals surface area contributed by atoms with E-state index in [1.165, 1.54) is 14.0 Å². The standard InChI is InChI=1S/C28H50O18/c1-10-23(44-26-20(35)17(32)13(8-40-26)46-28(2,3)4)18(33)22(37)27(41-10)45-24-14(43-25(38-5)21(36)19(24)34)9-39-15-6-11(30)16(31)12(7-29)42-15/h10-27,29-37H,6-9H2,1-5H3/t10-,11-,12-,13-,14-,15+,16-,17+,18-,19-,20+,21+,22+,23-,24-,25-,26+,27+/m1/s1. The zero-order chi connectivity index (χ0) is 34.1. The van der Waals surface area contributed by atoms with Gasteiger partial charge in [-0.1, -0.05) is 0 Å². The van der Waals surface area contributed by atoms with E-state index in [1.807, 2.05) is 0 Å². The van der Waals surface area contributed by atoms with E-state index in [0.717, 1.165) is 0 Å². The van der Waals surface area contributed by atoms with Gasteiger partial charge in [-0.3, -0.25) is 0 Å². The Balaban J connectivity index is 1.40. The third kappa shape index (κ3) is 8.70. The fourth-order valence-electron chi connectivity index (χ4n) is 5.84. The van der Waals surface area contributed by atoms with Crippen LogP contribution in [0.5, 0.6) is 0 Å². The summed E-state index contributed by atoms with van der Waals surface area (Å²) < 4.78 is 50.7. The summed E-state index contributed by atoms with van der Waals surface area (Å²) in [6.45, 7) is 5.78. The van der Waals surface area contributed by atoms with Crippen molar-refractivity contribution in [3.63, 3.8) is 0 Å². The van der Waals surface area contributed by atoms with Gasteiger partial charge in [-0.2, -0.15) is 0 Å². The average Bonchev–Trinajstić information content (AvgIpc) is 3.00. The Morgan fingerprint density at radius 1 is 0.696 bits per heavy atom. The quantitative estimate of drug-likeness (QED) is 0.106. The minimum atomic E-state index is -1.78. The molecule has 0 bridgehead atoms. The van der Waals surface area contributed by atoms with E-state index in [0.29, 0.717) is 0 Å². The van der Waals surface area contributed by atoms with Crippen molar-refractivity contribution >= 4 is 0 Å². The highest BCUT2D eigenvalue weighted by molar-refractivity contribution is 4.95. The zero-order valence-corrected chi connectivity index (χ0v) is 26.4. The van der Waals surface area contributed by atoms with Crippen LogP contribution in [0.15, 0.2) is 0 Å². The fourth-order valence-corrected chi connectivity index (χ4v) is 5.84. The summed E-state index contributed by atoms with van der Waals surface area (Å²) in [5, 5.41) is 94.2. The lowest BCUT2D eigenvalue weighted by Gasteiger charge is -2.47. The van der Waals surface area contributed by atoms with Gasteiger partial charge in [0.15, 0.2) is 25.2 Å². The summed E-state index contributed by atoms with van der Waals surface area (Å²) >= 11 is 0. The molecule has 18 nitrogen and oxygen atoms in total. The average molecular weight is 675 g/mol. The van der Waals surface area contributed by atoms with Gasteiger partial charge in [0.25, 0.3) is 0 Å². The number of aliphatic hydroxyl groups excluding tert-OH is 9. The maximum Gasteiger partial charge on any atom is 0.187 e. The van der Waals surface area contributed by atoms with Gasteiger partial charge in [0, 0.05) is 13.5 Å². The lowest BCUT2D eigenvalue weighted by molar-refractivity contribution is -0.374. The van der Waals surface area contributed by atoms with Crippen molar-refractivity contribution in [2.24, 2.45) is 0 Å². The second-order valence-electron chi connectivity index (χ2n) is 13.0. The molecule has 4 aliphatic rings. The Morgan fingerprint density at radius 2 is 1.30 bits per heavy atom. The summed E-state index contributed by atoms with van der Waals surface area (Å²) in [6.07, 6.45) is -24.6. The molecule has 18 heteroatoms. The van der Waals surface area contributed by atoms with E-state index < -0.39 is 123 Å². The lowest BCUT2D eigenvalue weighted by Crippen LogP contribution is -2.65. The third-order valence-electron chi connectivity index (χ3n) is 8.33. The summed E-state index contributed by atoms with van der Waals surface area (Å²) in [7, 11) is 1.24. The first-order valence-electron chi connectivity index (χ1n) is 15.3. The largest absolute Gasteiger partial charge is 0.394 e. The molecule has 4 fully saturated rings. The molecule has 0 aromatic rings. The summed E-state index contributed by atoms with van der Waals surface area (Å²) in [5.74, 6) is 0. The van der Waals surface area contributed by atoms with Crippen LogP contribution in [-0.4, -0.2) is 189 Å². The monoisotopic (exact) mass is 674 g/mol. The van der Waals surface area contributed by atoms with Crippen LogP contribution in [0, 0.1) is 0 Å². The Hall–Kier alpha value is -0.720. The Labute approximate surface area is 266 Å². The number of hydrogen-bond acceptors (Lipinski definition) is 18. The van der Waals surface area contributed by atoms with Crippen LogP contribution in [0.3, 0.4) is 0 Å². The predicted molar refractivity (Wildman–Crippen MR) is 148 cm³/mol. The SMILES string of the molecule is CO[C@@H]1O[C@H](CO[C@@H]2C[C@@H](O)[C@@H](O)[C@@H](CO)O2)[C@@H](O[C@@H]2O[C@H](C)[C@@H](O[C@@H]3OC[C@@H](OC(C)(C)C)[C@H](O)[C@@H]3O)[C@H](O)[C@@H]2O)[C@H](O)[C@@H]1O. The molecule has 0 spiro atoms. The van der Waals surface area contributed by atoms with Crippen LogP contribution in [0.4, 0.5) is 0 Å². The van der Waals surface area contributed by atoms with Gasteiger partial charge in [0.1, 0.15) is 73.2 Å². The van der Waals surface area contributed by atoms with Crippen molar-refractivity contribution in [3.05, 3.63) is 0 Å². The molecule has 4 rings (SSSR count). The van der Waals surface area contributed by atoms with E-state index in [-0.39, 0.29) is 19.6 Å². The van der Waals surface area contributed by atoms with Crippen LogP contribution in [0.25, 0.3) is 0 Å². The van der Waals surface area contributed by atoms with E-state index >= 15 is 0 Å². The van der Waals surface area contributed by atoms with E-state index in [4.69, 9.17) is 42.6 Å². The number of hydrogen-bond donors (Lipinski definition) is 9. The van der Waals surface area contributed by atoms with Crippen molar-refractivity contribution < 1.29 is 88.6 Å².